The van der Waals surface area contributed by atoms with Crippen molar-refractivity contribution in [2.75, 3.05) is 25.5 Å². The van der Waals surface area contributed by atoms with Crippen LogP contribution in [0.5, 0.6) is 0 Å². The second-order valence-electron chi connectivity index (χ2n) is 12.2. The van der Waals surface area contributed by atoms with Crippen molar-refractivity contribution in [3.63, 3.8) is 0 Å². The second-order valence-corrected chi connectivity index (χ2v) is 12.2. The predicted octanol–water partition coefficient (Wildman–Crippen LogP) is 3.76. The summed E-state index contributed by atoms with van der Waals surface area (Å²) in [5.41, 5.74) is 3.02. The third kappa shape index (κ3) is 4.77. The number of benzene rings is 1. The van der Waals surface area contributed by atoms with Gasteiger partial charge in [0, 0.05) is 24.7 Å². The third-order valence-electron chi connectivity index (χ3n) is 9.60. The fraction of sp³-hybridized carbons (Fsp3) is 0.471. The van der Waals surface area contributed by atoms with Gasteiger partial charge in [0.2, 0.25) is 11.5 Å². The molecular formula is C34H40N6O6. The molecule has 0 saturated carbocycles. The molecule has 46 heavy (non-hydrogen) atoms. The Bertz CT molecular complexity index is 1850. The van der Waals surface area contributed by atoms with Crippen LogP contribution in [0.2, 0.25) is 0 Å². The lowest BCUT2D eigenvalue weighted by Gasteiger charge is -2.37. The molecule has 5 heterocycles. The SMILES string of the molecule is CCCCCN1C=Nc2cccc3nc4c(c1c23)Cn1c-4cc2c(c1=O)COC(=O)[C@@]2(CC)OC(=O)[C@H](C)N(C)C(=O)[C@H](C)NC. The molecule has 12 heteroatoms. The van der Waals surface area contributed by atoms with Crippen LogP contribution in [0, 0.1) is 0 Å². The molecule has 3 aliphatic rings. The summed E-state index contributed by atoms with van der Waals surface area (Å²) in [5, 5.41) is 3.81. The van der Waals surface area contributed by atoms with E-state index in [0.717, 1.165) is 53.6 Å². The Morgan fingerprint density at radius 1 is 1.17 bits per heavy atom. The number of pyridine rings is 2. The molecule has 0 aliphatic carbocycles. The van der Waals surface area contributed by atoms with E-state index in [9.17, 15) is 19.2 Å². The molecule has 6 rings (SSSR count). The summed E-state index contributed by atoms with van der Waals surface area (Å²) in [6.45, 7) is 7.93. The van der Waals surface area contributed by atoms with Crippen LogP contribution in [0.1, 0.15) is 70.1 Å². The molecule has 12 nitrogen and oxygen atoms in total. The molecule has 0 radical (unpaired) electrons. The molecule has 0 fully saturated rings. The van der Waals surface area contributed by atoms with E-state index in [1.807, 2.05) is 24.5 Å². The van der Waals surface area contributed by atoms with Gasteiger partial charge in [0.05, 0.1) is 58.2 Å². The summed E-state index contributed by atoms with van der Waals surface area (Å²) in [5.74, 6) is -1.85. The number of aromatic nitrogens is 2. The predicted molar refractivity (Wildman–Crippen MR) is 174 cm³/mol. The number of nitrogens with zero attached hydrogens (tertiary/aromatic N) is 5. The van der Waals surface area contributed by atoms with E-state index < -0.39 is 29.6 Å². The Kier molecular flexibility index (Phi) is 8.18. The summed E-state index contributed by atoms with van der Waals surface area (Å²) in [4.78, 5) is 67.2. The highest BCUT2D eigenvalue weighted by Gasteiger charge is 2.51. The minimum atomic E-state index is -1.87. The van der Waals surface area contributed by atoms with Crippen molar-refractivity contribution < 1.29 is 23.9 Å². The van der Waals surface area contributed by atoms with Crippen molar-refractivity contribution in [2.24, 2.45) is 4.99 Å². The van der Waals surface area contributed by atoms with Crippen LogP contribution in [0.3, 0.4) is 0 Å². The van der Waals surface area contributed by atoms with E-state index in [1.165, 1.54) is 11.9 Å². The summed E-state index contributed by atoms with van der Waals surface area (Å²) < 4.78 is 13.2. The Morgan fingerprint density at radius 3 is 2.67 bits per heavy atom. The van der Waals surface area contributed by atoms with Gasteiger partial charge in [0.15, 0.2) is 0 Å². The number of hydrogen-bond acceptors (Lipinski definition) is 10. The van der Waals surface area contributed by atoms with Crippen molar-refractivity contribution in [1.82, 2.24) is 19.8 Å². The Labute approximate surface area is 267 Å². The Morgan fingerprint density at radius 2 is 1.96 bits per heavy atom. The van der Waals surface area contributed by atoms with E-state index in [-0.39, 0.29) is 30.1 Å². The lowest BCUT2D eigenvalue weighted by molar-refractivity contribution is -0.192. The minimum absolute atomic E-state index is 0.0268. The highest BCUT2D eigenvalue weighted by Crippen LogP contribution is 2.47. The van der Waals surface area contributed by atoms with Crippen LogP contribution in [0.15, 0.2) is 34.1 Å². The fourth-order valence-corrected chi connectivity index (χ4v) is 6.60. The van der Waals surface area contributed by atoms with E-state index in [1.54, 1.807) is 38.5 Å². The largest absolute Gasteiger partial charge is 0.457 e. The molecule has 0 unspecified atom stereocenters. The van der Waals surface area contributed by atoms with Crippen LogP contribution in [-0.2, 0) is 42.6 Å². The maximum Gasteiger partial charge on any atom is 0.355 e. The highest BCUT2D eigenvalue weighted by atomic mass is 16.6. The van der Waals surface area contributed by atoms with Gasteiger partial charge in [-0.25, -0.2) is 19.6 Å². The van der Waals surface area contributed by atoms with Crippen LogP contribution in [0.4, 0.5) is 11.4 Å². The second kappa shape index (κ2) is 12.0. The van der Waals surface area contributed by atoms with Crippen molar-refractivity contribution >= 4 is 46.5 Å². The van der Waals surface area contributed by atoms with Crippen LogP contribution in [-0.4, -0.2) is 71.4 Å². The van der Waals surface area contributed by atoms with Gasteiger partial charge in [0.25, 0.3) is 5.56 Å². The van der Waals surface area contributed by atoms with E-state index in [0.29, 0.717) is 23.5 Å². The van der Waals surface area contributed by atoms with Gasteiger partial charge in [-0.2, -0.15) is 0 Å². The van der Waals surface area contributed by atoms with E-state index in [4.69, 9.17) is 19.5 Å². The zero-order valence-corrected chi connectivity index (χ0v) is 27.2. The van der Waals surface area contributed by atoms with Gasteiger partial charge < -0.3 is 29.2 Å². The van der Waals surface area contributed by atoms with Gasteiger partial charge in [0.1, 0.15) is 12.6 Å². The molecule has 3 aliphatic heterocycles. The van der Waals surface area contributed by atoms with Crippen molar-refractivity contribution in [3.8, 4) is 11.4 Å². The van der Waals surface area contributed by atoms with Crippen molar-refractivity contribution in [2.45, 2.75) is 84.2 Å². The molecule has 0 bridgehead atoms. The number of hydrogen-bond donors (Lipinski definition) is 1. The number of amides is 1. The number of cyclic esters (lactones) is 1. The zero-order valence-electron chi connectivity index (χ0n) is 27.2. The Hall–Kier alpha value is -4.58. The monoisotopic (exact) mass is 628 g/mol. The molecule has 1 amide bonds. The number of rotatable bonds is 10. The molecule has 1 aromatic carbocycles. The molecule has 3 aromatic rings. The lowest BCUT2D eigenvalue weighted by Crippen LogP contribution is -2.52. The third-order valence-corrected chi connectivity index (χ3v) is 9.60. The topological polar surface area (TPSA) is 135 Å². The maximum absolute atomic E-state index is 14.2. The molecule has 242 valence electrons. The first-order chi connectivity index (χ1) is 22.1. The van der Waals surface area contributed by atoms with Crippen LogP contribution in [0.25, 0.3) is 22.3 Å². The quantitative estimate of drug-likeness (QED) is 0.206. The number of unbranched alkanes of at least 4 members (excludes halogenated alkanes) is 2. The smallest absolute Gasteiger partial charge is 0.355 e. The maximum atomic E-state index is 14.2. The van der Waals surface area contributed by atoms with E-state index in [2.05, 4.69) is 17.1 Å². The summed E-state index contributed by atoms with van der Waals surface area (Å²) in [6, 6.07) is 6.05. The summed E-state index contributed by atoms with van der Waals surface area (Å²) >= 11 is 0. The van der Waals surface area contributed by atoms with Gasteiger partial charge in [-0.15, -0.1) is 0 Å². The van der Waals surface area contributed by atoms with Crippen LogP contribution >= 0.6 is 0 Å². The number of nitrogens with one attached hydrogen (secondary N) is 1. The van der Waals surface area contributed by atoms with Gasteiger partial charge in [-0.3, -0.25) is 9.59 Å². The highest BCUT2D eigenvalue weighted by molar-refractivity contribution is 6.11. The normalized spacial score (nSPS) is 18.8. The first kappa shape index (κ1) is 31.4. The molecule has 3 atom stereocenters. The molecule has 0 spiro atoms. The van der Waals surface area contributed by atoms with Crippen LogP contribution < -0.4 is 15.8 Å². The molecular weight excluding hydrogens is 588 g/mol. The van der Waals surface area contributed by atoms with Gasteiger partial charge in [-0.05, 0) is 51.9 Å². The summed E-state index contributed by atoms with van der Waals surface area (Å²) in [7, 11) is 3.16. The summed E-state index contributed by atoms with van der Waals surface area (Å²) in [6.07, 6.45) is 5.04. The number of aliphatic imine (C=N–C) groups is 1. The van der Waals surface area contributed by atoms with E-state index >= 15 is 0 Å². The number of fused-ring (bicyclic) bond motifs is 5. The average molecular weight is 629 g/mol. The number of anilines is 1. The first-order valence-corrected chi connectivity index (χ1v) is 16.0. The van der Waals surface area contributed by atoms with Gasteiger partial charge in [-0.1, -0.05) is 32.8 Å². The minimum Gasteiger partial charge on any atom is -0.457 e. The lowest BCUT2D eigenvalue weighted by atomic mass is 9.85. The number of carbonyl (C=O) groups excluding carboxylic acids is 3. The van der Waals surface area contributed by atoms with Crippen molar-refractivity contribution in [1.29, 1.82) is 0 Å². The Balaban J connectivity index is 1.46. The number of ether oxygens (including phenoxy) is 2. The van der Waals surface area contributed by atoms with Crippen molar-refractivity contribution in [3.05, 3.63) is 51.3 Å². The molecule has 0 saturated heterocycles. The number of esters is 2. The molecule has 1 N–H and O–H groups in total. The molecule has 2 aromatic heterocycles. The van der Waals surface area contributed by atoms with Gasteiger partial charge >= 0.3 is 11.9 Å². The first-order valence-electron chi connectivity index (χ1n) is 16.0. The number of likely N-dealkylation sites (N-methyl/N-ethyl adjacent to an activating group) is 2. The fourth-order valence-electron chi connectivity index (χ4n) is 6.60. The standard InChI is InChI=1S/C34H40N6O6/c1-7-9-10-14-39-18-36-24-12-11-13-25-27(24)29(39)21-16-40-26(28(21)37-25)15-23-22(31(40)42)17-45-33(44)34(23,8-2)46-32(43)20(4)38(6)30(41)19(3)35-5/h11-13,15,18-20,35H,7-10,14,16-17H2,1-6H3/t19-,20-,34-/m0/s1. The number of carbonyl (C=O) groups is 3. The zero-order chi connectivity index (χ0) is 32.9. The average Bonchev–Trinajstić information content (AvgIpc) is 3.44.